The molecule has 1 heterocycles. The van der Waals surface area contributed by atoms with Crippen LogP contribution in [0.5, 0.6) is 0 Å². The van der Waals surface area contributed by atoms with Gasteiger partial charge in [-0.25, -0.2) is 9.78 Å². The largest absolute Gasteiger partial charge is 0.452 e. The summed E-state index contributed by atoms with van der Waals surface area (Å²) in [5.41, 5.74) is 2.35. The van der Waals surface area contributed by atoms with Gasteiger partial charge in [0.15, 0.2) is 6.61 Å². The van der Waals surface area contributed by atoms with E-state index in [9.17, 15) is 14.4 Å². The van der Waals surface area contributed by atoms with E-state index >= 15 is 0 Å². The molecule has 3 rings (SSSR count). The van der Waals surface area contributed by atoms with Crippen molar-refractivity contribution in [1.82, 2.24) is 9.55 Å². The quantitative estimate of drug-likeness (QED) is 0.669. The fourth-order valence-corrected chi connectivity index (χ4v) is 2.89. The summed E-state index contributed by atoms with van der Waals surface area (Å²) in [6.45, 7) is 3.47. The first kappa shape index (κ1) is 19.8. The molecule has 8 nitrogen and oxygen atoms in total. The van der Waals surface area contributed by atoms with Crippen LogP contribution in [0, 0.1) is 18.3 Å². The molecule has 0 saturated heterocycles. The fourth-order valence-electron chi connectivity index (χ4n) is 2.89. The van der Waals surface area contributed by atoms with Crippen molar-refractivity contribution in [2.45, 2.75) is 20.4 Å². The van der Waals surface area contributed by atoms with Crippen LogP contribution < -0.4 is 10.9 Å². The number of nitriles is 1. The Balaban J connectivity index is 1.71. The van der Waals surface area contributed by atoms with Gasteiger partial charge >= 0.3 is 5.97 Å². The standard InChI is InChI=1S/C21H18N4O4/c1-3-25-18-8-7-15(10-17(18)23-13(2)20(25)27)21(28)29-12-19(26)24-16-6-4-5-14(9-16)11-22/h4-10H,3,12H2,1-2H3,(H,24,26). The molecule has 0 bridgehead atoms. The summed E-state index contributed by atoms with van der Waals surface area (Å²) in [4.78, 5) is 40.7. The SMILES string of the molecule is CCn1c(=O)c(C)nc2cc(C(=O)OCC(=O)Nc3cccc(C#N)c3)ccc21. The molecular weight excluding hydrogens is 372 g/mol. The lowest BCUT2D eigenvalue weighted by Crippen LogP contribution is -2.23. The number of carbonyl (C=O) groups is 2. The zero-order valence-corrected chi connectivity index (χ0v) is 15.9. The Morgan fingerprint density at radius 3 is 2.76 bits per heavy atom. The van der Waals surface area contributed by atoms with E-state index < -0.39 is 18.5 Å². The molecule has 0 spiro atoms. The van der Waals surface area contributed by atoms with Gasteiger partial charge in [0.2, 0.25) is 0 Å². The highest BCUT2D eigenvalue weighted by Crippen LogP contribution is 2.15. The van der Waals surface area contributed by atoms with Crippen molar-refractivity contribution in [3.63, 3.8) is 0 Å². The number of hydrogen-bond donors (Lipinski definition) is 1. The van der Waals surface area contributed by atoms with Crippen LogP contribution in [0.2, 0.25) is 0 Å². The second kappa shape index (κ2) is 8.35. The second-order valence-electron chi connectivity index (χ2n) is 6.27. The van der Waals surface area contributed by atoms with Crippen molar-refractivity contribution in [1.29, 1.82) is 5.26 Å². The Morgan fingerprint density at radius 2 is 2.03 bits per heavy atom. The monoisotopic (exact) mass is 390 g/mol. The predicted molar refractivity (Wildman–Crippen MR) is 106 cm³/mol. The molecule has 1 aromatic heterocycles. The molecule has 3 aromatic rings. The summed E-state index contributed by atoms with van der Waals surface area (Å²) in [5, 5.41) is 11.4. The summed E-state index contributed by atoms with van der Waals surface area (Å²) >= 11 is 0. The van der Waals surface area contributed by atoms with E-state index in [1.54, 1.807) is 35.8 Å². The third-order valence-corrected chi connectivity index (χ3v) is 4.27. The number of carbonyl (C=O) groups excluding carboxylic acids is 2. The molecule has 146 valence electrons. The molecule has 1 amide bonds. The van der Waals surface area contributed by atoms with Gasteiger partial charge < -0.3 is 14.6 Å². The van der Waals surface area contributed by atoms with Gasteiger partial charge in [0, 0.05) is 12.2 Å². The van der Waals surface area contributed by atoms with Gasteiger partial charge in [0.25, 0.3) is 11.5 Å². The Kier molecular flexibility index (Phi) is 5.69. The third-order valence-electron chi connectivity index (χ3n) is 4.27. The smallest absolute Gasteiger partial charge is 0.338 e. The number of ether oxygens (including phenoxy) is 1. The van der Waals surface area contributed by atoms with Crippen molar-refractivity contribution >= 4 is 28.6 Å². The maximum Gasteiger partial charge on any atom is 0.338 e. The lowest BCUT2D eigenvalue weighted by atomic mass is 10.2. The third kappa shape index (κ3) is 4.30. The Morgan fingerprint density at radius 1 is 1.24 bits per heavy atom. The highest BCUT2D eigenvalue weighted by atomic mass is 16.5. The average Bonchev–Trinajstić information content (AvgIpc) is 2.72. The van der Waals surface area contributed by atoms with Crippen LogP contribution in [0.3, 0.4) is 0 Å². The van der Waals surface area contributed by atoms with Gasteiger partial charge in [0.1, 0.15) is 5.69 Å². The number of fused-ring (bicyclic) bond motifs is 1. The van der Waals surface area contributed by atoms with Crippen LogP contribution in [-0.4, -0.2) is 28.0 Å². The van der Waals surface area contributed by atoms with Crippen molar-refractivity contribution in [3.8, 4) is 6.07 Å². The molecule has 0 saturated carbocycles. The van der Waals surface area contributed by atoms with Gasteiger partial charge in [-0.1, -0.05) is 6.07 Å². The lowest BCUT2D eigenvalue weighted by molar-refractivity contribution is -0.119. The van der Waals surface area contributed by atoms with E-state index in [1.165, 1.54) is 18.2 Å². The van der Waals surface area contributed by atoms with Gasteiger partial charge in [0.05, 0.1) is 28.2 Å². The maximum absolute atomic E-state index is 12.3. The molecule has 1 N–H and O–H groups in total. The van der Waals surface area contributed by atoms with Crippen LogP contribution >= 0.6 is 0 Å². The summed E-state index contributed by atoms with van der Waals surface area (Å²) in [5.74, 6) is -1.20. The molecule has 0 aliphatic rings. The van der Waals surface area contributed by atoms with Gasteiger partial charge in [-0.05, 0) is 50.2 Å². The highest BCUT2D eigenvalue weighted by Gasteiger charge is 2.14. The van der Waals surface area contributed by atoms with E-state index in [4.69, 9.17) is 10.00 Å². The van der Waals surface area contributed by atoms with E-state index in [-0.39, 0.29) is 11.1 Å². The highest BCUT2D eigenvalue weighted by molar-refractivity contribution is 5.97. The van der Waals surface area contributed by atoms with Gasteiger partial charge in [-0.15, -0.1) is 0 Å². The number of aryl methyl sites for hydroxylation is 2. The van der Waals surface area contributed by atoms with E-state index in [0.29, 0.717) is 34.5 Å². The first-order valence-corrected chi connectivity index (χ1v) is 8.91. The van der Waals surface area contributed by atoms with E-state index in [1.807, 2.05) is 13.0 Å². The second-order valence-corrected chi connectivity index (χ2v) is 6.27. The molecule has 0 aliphatic heterocycles. The van der Waals surface area contributed by atoms with Crippen LogP contribution in [-0.2, 0) is 16.1 Å². The lowest BCUT2D eigenvalue weighted by Gasteiger charge is -2.10. The molecule has 0 unspecified atom stereocenters. The zero-order valence-electron chi connectivity index (χ0n) is 15.9. The summed E-state index contributed by atoms with van der Waals surface area (Å²) in [6.07, 6.45) is 0. The molecule has 29 heavy (non-hydrogen) atoms. The molecule has 0 radical (unpaired) electrons. The number of amides is 1. The van der Waals surface area contributed by atoms with E-state index in [0.717, 1.165) is 0 Å². The number of rotatable bonds is 5. The topological polar surface area (TPSA) is 114 Å². The van der Waals surface area contributed by atoms with Crippen LogP contribution in [0.1, 0.15) is 28.5 Å². The molecule has 0 atom stereocenters. The first-order chi connectivity index (χ1) is 13.9. The van der Waals surface area contributed by atoms with Crippen LogP contribution in [0.15, 0.2) is 47.3 Å². The number of benzene rings is 2. The maximum atomic E-state index is 12.3. The Labute approximate surface area is 166 Å². The number of nitrogens with one attached hydrogen (secondary N) is 1. The van der Waals surface area contributed by atoms with Crippen LogP contribution in [0.25, 0.3) is 11.0 Å². The minimum Gasteiger partial charge on any atom is -0.452 e. The Hall–Kier alpha value is -3.99. The number of esters is 1. The van der Waals surface area contributed by atoms with Gasteiger partial charge in [-0.3, -0.25) is 9.59 Å². The molecule has 0 fully saturated rings. The number of aromatic nitrogens is 2. The fraction of sp³-hybridized carbons (Fsp3) is 0.190. The average molecular weight is 390 g/mol. The minimum absolute atomic E-state index is 0.174. The minimum atomic E-state index is -0.679. The first-order valence-electron chi connectivity index (χ1n) is 8.91. The number of anilines is 1. The molecule has 0 aliphatic carbocycles. The summed E-state index contributed by atoms with van der Waals surface area (Å²) < 4.78 is 6.64. The van der Waals surface area contributed by atoms with Crippen molar-refractivity contribution in [2.75, 3.05) is 11.9 Å². The predicted octanol–water partition coefficient (Wildman–Crippen LogP) is 2.39. The van der Waals surface area contributed by atoms with Crippen molar-refractivity contribution in [3.05, 3.63) is 69.6 Å². The normalized spacial score (nSPS) is 10.4. The van der Waals surface area contributed by atoms with Gasteiger partial charge in [-0.2, -0.15) is 5.26 Å². The van der Waals surface area contributed by atoms with E-state index in [2.05, 4.69) is 10.3 Å². The molecular formula is C21H18N4O4. The summed E-state index contributed by atoms with van der Waals surface area (Å²) in [7, 11) is 0. The zero-order chi connectivity index (χ0) is 21.0. The van der Waals surface area contributed by atoms with Crippen LogP contribution in [0.4, 0.5) is 5.69 Å². The Bertz CT molecular complexity index is 1210. The number of hydrogen-bond acceptors (Lipinski definition) is 6. The summed E-state index contributed by atoms with van der Waals surface area (Å²) in [6, 6.07) is 13.1. The number of nitrogens with zero attached hydrogens (tertiary/aromatic N) is 3. The molecule has 2 aromatic carbocycles. The molecule has 8 heteroatoms. The van der Waals surface area contributed by atoms with Crippen molar-refractivity contribution < 1.29 is 14.3 Å². The van der Waals surface area contributed by atoms with Crippen molar-refractivity contribution in [2.24, 2.45) is 0 Å².